The van der Waals surface area contributed by atoms with Crippen molar-refractivity contribution in [3.8, 4) is 0 Å². The van der Waals surface area contributed by atoms with Crippen molar-refractivity contribution in [3.05, 3.63) is 0 Å². The van der Waals surface area contributed by atoms with Crippen LogP contribution in [-0.4, -0.2) is 93.8 Å². The molecule has 8 nitrogen and oxygen atoms in total. The molecule has 0 aromatic carbocycles. The number of piperidine rings is 1. The molecule has 0 aromatic heterocycles. The normalized spacial score (nSPS) is 33.0. The van der Waals surface area contributed by atoms with Crippen molar-refractivity contribution in [1.82, 2.24) is 10.2 Å². The highest BCUT2D eigenvalue weighted by atomic mass is 16.6. The SMILES string of the molecule is C.C.CC(C)C1CCCCC1N.CC(C)N1CCCCC1.CC(C)NC1[C@H](O)OC(CO)[C@@H](O)[C@H]1O. The number of hydrogen-bond acceptors (Lipinski definition) is 8. The molecule has 0 radical (unpaired) electrons. The van der Waals surface area contributed by atoms with Crippen molar-refractivity contribution in [2.45, 2.75) is 150 Å². The van der Waals surface area contributed by atoms with Crippen molar-refractivity contribution in [1.29, 1.82) is 0 Å². The first-order chi connectivity index (χ1) is 16.0. The Morgan fingerprint density at radius 1 is 0.861 bits per heavy atom. The largest absolute Gasteiger partial charge is 0.394 e. The molecule has 2 saturated heterocycles. The van der Waals surface area contributed by atoms with Crippen molar-refractivity contribution in [3.63, 3.8) is 0 Å². The van der Waals surface area contributed by atoms with Gasteiger partial charge in [0.05, 0.1) is 12.6 Å². The summed E-state index contributed by atoms with van der Waals surface area (Å²) in [5, 5.41) is 40.5. The van der Waals surface area contributed by atoms with E-state index in [2.05, 4.69) is 37.9 Å². The van der Waals surface area contributed by atoms with Gasteiger partial charge in [-0.1, -0.05) is 61.8 Å². The summed E-state index contributed by atoms with van der Waals surface area (Å²) in [4.78, 5) is 2.56. The second kappa shape index (κ2) is 19.7. The first kappa shape index (κ1) is 37.8. The summed E-state index contributed by atoms with van der Waals surface area (Å²) in [6.45, 7) is 15.1. The maximum absolute atomic E-state index is 9.69. The molecule has 7 atom stereocenters. The van der Waals surface area contributed by atoms with E-state index >= 15 is 0 Å². The molecule has 2 heterocycles. The average molecular weight is 522 g/mol. The summed E-state index contributed by atoms with van der Waals surface area (Å²) in [6.07, 6.45) is 5.11. The lowest BCUT2D eigenvalue weighted by molar-refractivity contribution is -0.255. The smallest absolute Gasteiger partial charge is 0.173 e. The van der Waals surface area contributed by atoms with Crippen LogP contribution in [0, 0.1) is 11.8 Å². The minimum absolute atomic E-state index is 0. The first-order valence-electron chi connectivity index (χ1n) is 13.6. The minimum atomic E-state index is -1.23. The fourth-order valence-electron chi connectivity index (χ4n) is 5.11. The molecule has 36 heavy (non-hydrogen) atoms. The van der Waals surface area contributed by atoms with E-state index in [9.17, 15) is 15.3 Å². The number of nitrogens with one attached hydrogen (secondary N) is 1. The van der Waals surface area contributed by atoms with Gasteiger partial charge in [-0.15, -0.1) is 0 Å². The van der Waals surface area contributed by atoms with Gasteiger partial charge < -0.3 is 41.1 Å². The summed E-state index contributed by atoms with van der Waals surface area (Å²) in [5.41, 5.74) is 5.98. The van der Waals surface area contributed by atoms with Gasteiger partial charge in [0.25, 0.3) is 0 Å². The Balaban J connectivity index is 0. The van der Waals surface area contributed by atoms with Gasteiger partial charge in [0.1, 0.15) is 18.3 Å². The minimum Gasteiger partial charge on any atom is -0.394 e. The molecule has 0 spiro atoms. The molecule has 1 aliphatic carbocycles. The molecule has 0 aromatic rings. The van der Waals surface area contributed by atoms with Gasteiger partial charge in [-0.3, -0.25) is 0 Å². The van der Waals surface area contributed by atoms with E-state index in [1.807, 2.05) is 13.8 Å². The van der Waals surface area contributed by atoms with Crippen molar-refractivity contribution >= 4 is 0 Å². The van der Waals surface area contributed by atoms with Crippen LogP contribution >= 0.6 is 0 Å². The lowest BCUT2D eigenvalue weighted by Crippen LogP contribution is -2.64. The number of aliphatic hydroxyl groups excluding tert-OH is 4. The molecule has 1 saturated carbocycles. The molecule has 2 aliphatic heterocycles. The van der Waals surface area contributed by atoms with Crippen LogP contribution in [0.4, 0.5) is 0 Å². The Labute approximate surface area is 223 Å². The highest BCUT2D eigenvalue weighted by Crippen LogP contribution is 2.28. The molecule has 220 valence electrons. The zero-order chi connectivity index (χ0) is 25.8. The Bertz CT molecular complexity index is 517. The van der Waals surface area contributed by atoms with Crippen LogP contribution in [0.3, 0.4) is 0 Å². The van der Waals surface area contributed by atoms with Crippen LogP contribution in [-0.2, 0) is 4.74 Å². The van der Waals surface area contributed by atoms with E-state index in [-0.39, 0.29) is 20.9 Å². The molecule has 3 rings (SSSR count). The molecule has 3 aliphatic rings. The highest BCUT2D eigenvalue weighted by molar-refractivity contribution is 4.93. The summed E-state index contributed by atoms with van der Waals surface area (Å²) >= 11 is 0. The van der Waals surface area contributed by atoms with Crippen molar-refractivity contribution in [2.75, 3.05) is 19.7 Å². The Morgan fingerprint density at radius 3 is 1.81 bits per heavy atom. The topological polar surface area (TPSA) is 131 Å². The lowest BCUT2D eigenvalue weighted by atomic mass is 9.78. The van der Waals surface area contributed by atoms with Crippen molar-refractivity contribution < 1.29 is 25.2 Å². The van der Waals surface area contributed by atoms with Gasteiger partial charge in [-0.2, -0.15) is 0 Å². The van der Waals surface area contributed by atoms with E-state index in [0.29, 0.717) is 6.04 Å². The van der Waals surface area contributed by atoms with Gasteiger partial charge in [0, 0.05) is 18.1 Å². The van der Waals surface area contributed by atoms with E-state index in [0.717, 1.165) is 17.9 Å². The predicted molar refractivity (Wildman–Crippen MR) is 151 cm³/mol. The molecule has 3 fully saturated rings. The predicted octanol–water partition coefficient (Wildman–Crippen LogP) is 3.10. The quantitative estimate of drug-likeness (QED) is 0.325. The van der Waals surface area contributed by atoms with Crippen LogP contribution in [0.1, 0.15) is 101 Å². The summed E-state index contributed by atoms with van der Waals surface area (Å²) in [6, 6.07) is 0.558. The summed E-state index contributed by atoms with van der Waals surface area (Å²) < 4.78 is 4.96. The standard InChI is InChI=1S/C9H19NO5.C9H19N.C8H17N.2CH4/c1-4(2)10-6-8(13)7(12)5(3-11)15-9(6)14;1-7(2)8-5-3-4-6-9(8)10;1-8(2)9-6-4-3-5-7-9;;/h4-14H,3H2,1-2H3;7-9H,3-6,10H2,1-2H3;8H,3-7H2,1-2H3;2*1H4/t5?,6?,7-,8+,9-;;;;/m1..../s1. The van der Waals surface area contributed by atoms with Gasteiger partial charge in [-0.25, -0.2) is 0 Å². The zero-order valence-electron chi connectivity index (χ0n) is 22.6. The number of nitrogens with two attached hydrogens (primary N) is 1. The molecule has 0 bridgehead atoms. The summed E-state index contributed by atoms with van der Waals surface area (Å²) in [7, 11) is 0. The highest BCUT2D eigenvalue weighted by Gasteiger charge is 2.43. The number of rotatable bonds is 5. The third kappa shape index (κ3) is 13.0. The van der Waals surface area contributed by atoms with E-state index in [1.165, 1.54) is 58.0 Å². The van der Waals surface area contributed by atoms with Crippen molar-refractivity contribution in [2.24, 2.45) is 17.6 Å². The van der Waals surface area contributed by atoms with Gasteiger partial charge in [-0.05, 0) is 64.5 Å². The number of aliphatic hydroxyl groups is 4. The van der Waals surface area contributed by atoms with Gasteiger partial charge in [0.15, 0.2) is 6.29 Å². The maximum Gasteiger partial charge on any atom is 0.173 e. The van der Waals surface area contributed by atoms with Gasteiger partial charge >= 0.3 is 0 Å². The first-order valence-corrected chi connectivity index (χ1v) is 13.6. The maximum atomic E-state index is 9.69. The van der Waals surface area contributed by atoms with E-state index in [1.54, 1.807) is 0 Å². The Kier molecular flexibility index (Phi) is 20.7. The third-order valence-electron chi connectivity index (χ3n) is 7.28. The fourth-order valence-corrected chi connectivity index (χ4v) is 5.11. The second-order valence-electron chi connectivity index (χ2n) is 11.1. The number of ether oxygens (including phenoxy) is 1. The third-order valence-corrected chi connectivity index (χ3v) is 7.28. The van der Waals surface area contributed by atoms with Crippen LogP contribution in [0.5, 0.6) is 0 Å². The number of likely N-dealkylation sites (tertiary alicyclic amines) is 1. The summed E-state index contributed by atoms with van der Waals surface area (Å²) in [5.74, 6) is 1.59. The van der Waals surface area contributed by atoms with E-state index < -0.39 is 37.3 Å². The van der Waals surface area contributed by atoms with Crippen LogP contribution < -0.4 is 11.1 Å². The number of nitrogens with zero attached hydrogens (tertiary/aromatic N) is 1. The lowest BCUT2D eigenvalue weighted by Gasteiger charge is -2.41. The molecular formula is C28H63N3O5. The molecular weight excluding hydrogens is 458 g/mol. The van der Waals surface area contributed by atoms with Crippen LogP contribution in [0.15, 0.2) is 0 Å². The average Bonchev–Trinajstić information content (AvgIpc) is 2.80. The molecule has 0 amide bonds. The van der Waals surface area contributed by atoms with E-state index in [4.69, 9.17) is 15.6 Å². The van der Waals surface area contributed by atoms with Crippen LogP contribution in [0.25, 0.3) is 0 Å². The van der Waals surface area contributed by atoms with Crippen LogP contribution in [0.2, 0.25) is 0 Å². The molecule has 7 N–H and O–H groups in total. The monoisotopic (exact) mass is 521 g/mol. The Morgan fingerprint density at radius 2 is 1.42 bits per heavy atom. The zero-order valence-corrected chi connectivity index (χ0v) is 22.6. The molecule has 4 unspecified atom stereocenters. The second-order valence-corrected chi connectivity index (χ2v) is 11.1. The van der Waals surface area contributed by atoms with Gasteiger partial charge in [0.2, 0.25) is 0 Å². The Hall–Kier alpha value is -0.320. The number of hydrogen-bond donors (Lipinski definition) is 6. The fraction of sp³-hybridized carbons (Fsp3) is 1.00. The molecule has 8 heteroatoms.